The van der Waals surface area contributed by atoms with Gasteiger partial charge < -0.3 is 14.6 Å². The van der Waals surface area contributed by atoms with Gasteiger partial charge in [-0.25, -0.2) is 0 Å². The van der Waals surface area contributed by atoms with Crippen molar-refractivity contribution >= 4 is 11.6 Å². The molecule has 0 saturated carbocycles. The van der Waals surface area contributed by atoms with E-state index in [4.69, 9.17) is 4.42 Å². The van der Waals surface area contributed by atoms with Gasteiger partial charge in [0.15, 0.2) is 12.3 Å². The van der Waals surface area contributed by atoms with Crippen LogP contribution < -0.4 is 10.2 Å². The molecule has 0 aliphatic heterocycles. The number of nitrogens with one attached hydrogen (secondary N) is 2. The molecule has 0 bridgehead atoms. The van der Waals surface area contributed by atoms with E-state index in [0.29, 0.717) is 6.54 Å². The number of likely N-dealkylation sites (N-methyl/N-ethyl adjacent to an activating group) is 1. The molecule has 4 nitrogen and oxygen atoms in total. The van der Waals surface area contributed by atoms with E-state index in [1.807, 2.05) is 26.1 Å². The molecule has 23 heavy (non-hydrogen) atoms. The summed E-state index contributed by atoms with van der Waals surface area (Å²) in [5, 5.41) is 2.49. The molecule has 124 valence electrons. The highest BCUT2D eigenvalue weighted by molar-refractivity contribution is 5.91. The van der Waals surface area contributed by atoms with Gasteiger partial charge in [0, 0.05) is 5.69 Å². The number of carbonyl (C=O) groups excluding carboxylic acids is 1. The first kappa shape index (κ1) is 17.1. The molecule has 1 unspecified atom stereocenters. The average Bonchev–Trinajstić information content (AvgIpc) is 2.83. The third-order valence-electron chi connectivity index (χ3n) is 3.21. The summed E-state index contributed by atoms with van der Waals surface area (Å²) in [5.74, 6) is 1.19. The lowest BCUT2D eigenvalue weighted by Gasteiger charge is -2.13. The maximum atomic E-state index is 12.6. The van der Waals surface area contributed by atoms with Crippen molar-refractivity contribution in [3.63, 3.8) is 0 Å². The van der Waals surface area contributed by atoms with Crippen molar-refractivity contribution in [1.82, 2.24) is 0 Å². The number of alkyl halides is 3. The highest BCUT2D eigenvalue weighted by Crippen LogP contribution is 2.30. The lowest BCUT2D eigenvalue weighted by molar-refractivity contribution is -0.886. The zero-order valence-electron chi connectivity index (χ0n) is 12.8. The van der Waals surface area contributed by atoms with Crippen LogP contribution in [-0.2, 0) is 17.5 Å². The number of furan rings is 1. The largest absolute Gasteiger partial charge is 0.460 e. The van der Waals surface area contributed by atoms with Gasteiger partial charge in [-0.2, -0.15) is 13.2 Å². The summed E-state index contributed by atoms with van der Waals surface area (Å²) >= 11 is 0. The number of quaternary nitrogens is 1. The molecule has 0 saturated heterocycles. The zero-order valence-corrected chi connectivity index (χ0v) is 12.8. The van der Waals surface area contributed by atoms with Crippen molar-refractivity contribution in [2.75, 3.05) is 18.9 Å². The van der Waals surface area contributed by atoms with Gasteiger partial charge in [0.05, 0.1) is 12.6 Å². The van der Waals surface area contributed by atoms with Crippen molar-refractivity contribution in [1.29, 1.82) is 0 Å². The van der Waals surface area contributed by atoms with E-state index in [9.17, 15) is 18.0 Å². The number of aryl methyl sites for hydroxylation is 1. The van der Waals surface area contributed by atoms with Crippen molar-refractivity contribution in [3.8, 4) is 0 Å². The summed E-state index contributed by atoms with van der Waals surface area (Å²) in [4.78, 5) is 12.8. The van der Waals surface area contributed by atoms with E-state index in [1.165, 1.54) is 12.1 Å². The summed E-state index contributed by atoms with van der Waals surface area (Å²) in [5.41, 5.74) is -0.659. The molecule has 0 radical (unpaired) electrons. The van der Waals surface area contributed by atoms with Crippen molar-refractivity contribution in [2.24, 2.45) is 0 Å². The van der Waals surface area contributed by atoms with Gasteiger partial charge in [-0.05, 0) is 37.3 Å². The minimum absolute atomic E-state index is 0.121. The van der Waals surface area contributed by atoms with E-state index in [-0.39, 0.29) is 18.1 Å². The fourth-order valence-electron chi connectivity index (χ4n) is 2.19. The highest BCUT2D eigenvalue weighted by Gasteiger charge is 2.30. The van der Waals surface area contributed by atoms with Crippen LogP contribution in [0.5, 0.6) is 0 Å². The van der Waals surface area contributed by atoms with Crippen molar-refractivity contribution < 1.29 is 27.3 Å². The SMILES string of the molecule is Cc1ccc(C[NH+](C)CC(=O)Nc2cccc(C(F)(F)F)c2)o1. The molecule has 7 heteroatoms. The highest BCUT2D eigenvalue weighted by atomic mass is 19.4. The second kappa shape index (κ2) is 6.87. The normalized spacial score (nSPS) is 12.9. The number of amides is 1. The lowest BCUT2D eigenvalue weighted by Crippen LogP contribution is -3.08. The Hall–Kier alpha value is -2.28. The average molecular weight is 327 g/mol. The molecule has 1 amide bonds. The van der Waals surface area contributed by atoms with Crippen LogP contribution in [0.1, 0.15) is 17.1 Å². The standard InChI is InChI=1S/C16H17F3N2O2/c1-11-6-7-14(23-11)9-21(2)10-15(22)20-13-5-3-4-12(8-13)16(17,18)19/h3-8H,9-10H2,1-2H3,(H,20,22)/p+1. The van der Waals surface area contributed by atoms with Gasteiger partial charge in [-0.1, -0.05) is 6.07 Å². The molecule has 1 aromatic carbocycles. The second-order valence-electron chi connectivity index (χ2n) is 5.45. The Morgan fingerprint density at radius 3 is 2.61 bits per heavy atom. The van der Waals surface area contributed by atoms with E-state index in [0.717, 1.165) is 28.6 Å². The zero-order chi connectivity index (χ0) is 17.0. The van der Waals surface area contributed by atoms with Crippen LogP contribution in [0.4, 0.5) is 18.9 Å². The summed E-state index contributed by atoms with van der Waals surface area (Å²) in [6, 6.07) is 8.25. The first-order valence-corrected chi connectivity index (χ1v) is 7.08. The number of hydrogen-bond donors (Lipinski definition) is 2. The van der Waals surface area contributed by atoms with Crippen LogP contribution in [0, 0.1) is 6.92 Å². The molecular formula is C16H18F3N2O2+. The van der Waals surface area contributed by atoms with E-state index < -0.39 is 11.7 Å². The Kier molecular flexibility index (Phi) is 5.10. The second-order valence-corrected chi connectivity index (χ2v) is 5.45. The fourth-order valence-corrected chi connectivity index (χ4v) is 2.19. The Balaban J connectivity index is 1.91. The Morgan fingerprint density at radius 1 is 1.26 bits per heavy atom. The summed E-state index contributed by atoms with van der Waals surface area (Å²) in [7, 11) is 1.81. The number of benzene rings is 1. The molecule has 1 aromatic heterocycles. The van der Waals surface area contributed by atoms with Gasteiger partial charge in [0.2, 0.25) is 0 Å². The Labute approximate surface area is 131 Å². The molecule has 0 spiro atoms. The third kappa shape index (κ3) is 5.14. The van der Waals surface area contributed by atoms with E-state index in [2.05, 4.69) is 5.32 Å². The lowest BCUT2D eigenvalue weighted by atomic mass is 10.2. The van der Waals surface area contributed by atoms with Crippen LogP contribution in [0.3, 0.4) is 0 Å². The Bertz CT molecular complexity index is 680. The molecular weight excluding hydrogens is 309 g/mol. The predicted molar refractivity (Wildman–Crippen MR) is 79.0 cm³/mol. The summed E-state index contributed by atoms with van der Waals surface area (Å²) in [6.45, 7) is 2.47. The number of anilines is 1. The molecule has 2 aromatic rings. The smallest absolute Gasteiger partial charge is 0.416 e. The maximum Gasteiger partial charge on any atom is 0.416 e. The van der Waals surface area contributed by atoms with E-state index >= 15 is 0 Å². The minimum atomic E-state index is -4.43. The monoisotopic (exact) mass is 327 g/mol. The van der Waals surface area contributed by atoms with Gasteiger partial charge >= 0.3 is 6.18 Å². The minimum Gasteiger partial charge on any atom is -0.460 e. The topological polar surface area (TPSA) is 46.7 Å². The van der Waals surface area contributed by atoms with Gasteiger partial charge in [-0.15, -0.1) is 0 Å². The van der Waals surface area contributed by atoms with Crippen LogP contribution in [-0.4, -0.2) is 19.5 Å². The van der Waals surface area contributed by atoms with Crippen LogP contribution in [0.2, 0.25) is 0 Å². The fraction of sp³-hybridized carbons (Fsp3) is 0.312. The number of carbonyl (C=O) groups is 1. The quantitative estimate of drug-likeness (QED) is 0.885. The number of rotatable bonds is 5. The molecule has 0 fully saturated rings. The van der Waals surface area contributed by atoms with Crippen LogP contribution in [0.25, 0.3) is 0 Å². The molecule has 0 aliphatic carbocycles. The molecule has 1 atom stereocenters. The number of hydrogen-bond acceptors (Lipinski definition) is 2. The summed E-state index contributed by atoms with van der Waals surface area (Å²) in [6.07, 6.45) is -4.43. The molecule has 2 rings (SSSR count). The summed E-state index contributed by atoms with van der Waals surface area (Å²) < 4.78 is 43.3. The molecule has 2 N–H and O–H groups in total. The van der Waals surface area contributed by atoms with Crippen molar-refractivity contribution in [2.45, 2.75) is 19.6 Å². The first-order chi connectivity index (χ1) is 10.7. The van der Waals surface area contributed by atoms with Crippen LogP contribution in [0.15, 0.2) is 40.8 Å². The maximum absolute atomic E-state index is 12.6. The van der Waals surface area contributed by atoms with Crippen LogP contribution >= 0.6 is 0 Å². The van der Waals surface area contributed by atoms with Gasteiger partial charge in [0.25, 0.3) is 5.91 Å². The number of halogens is 3. The van der Waals surface area contributed by atoms with Gasteiger partial charge in [0.1, 0.15) is 12.3 Å². The predicted octanol–water partition coefficient (Wildman–Crippen LogP) is 2.26. The van der Waals surface area contributed by atoms with Crippen molar-refractivity contribution in [3.05, 3.63) is 53.5 Å². The Morgan fingerprint density at radius 2 is 2.00 bits per heavy atom. The third-order valence-corrected chi connectivity index (χ3v) is 3.21. The molecule has 1 heterocycles. The van der Waals surface area contributed by atoms with E-state index in [1.54, 1.807) is 0 Å². The molecule has 0 aliphatic rings. The van der Waals surface area contributed by atoms with Gasteiger partial charge in [-0.3, -0.25) is 4.79 Å². The first-order valence-electron chi connectivity index (χ1n) is 7.08.